The number of nitrogens with zero attached hydrogens (tertiary/aromatic N) is 2. The van der Waals surface area contributed by atoms with Gasteiger partial charge in [0.1, 0.15) is 5.82 Å². The maximum absolute atomic E-state index is 12.9. The van der Waals surface area contributed by atoms with Crippen LogP contribution in [0, 0.1) is 5.82 Å². The third kappa shape index (κ3) is 3.63. The second-order valence-electron chi connectivity index (χ2n) is 5.88. The number of fused-ring (bicyclic) bond motifs is 1. The lowest BCUT2D eigenvalue weighted by atomic mass is 10.3. The van der Waals surface area contributed by atoms with Crippen LogP contribution in [0.25, 0.3) is 11.0 Å². The van der Waals surface area contributed by atoms with Crippen LogP contribution in [0.2, 0.25) is 0 Å². The van der Waals surface area contributed by atoms with Crippen molar-refractivity contribution >= 4 is 22.6 Å². The zero-order chi connectivity index (χ0) is 17.8. The lowest BCUT2D eigenvalue weighted by molar-refractivity contribution is -0.116. The van der Waals surface area contributed by atoms with Crippen molar-refractivity contribution in [3.05, 3.63) is 64.8 Å². The normalized spacial score (nSPS) is 11.0. The molecule has 3 rings (SSSR count). The molecule has 0 radical (unpaired) electrons. The Kier molecular flexibility index (Phi) is 4.97. The maximum Gasteiger partial charge on any atom is 0.329 e. The van der Waals surface area contributed by atoms with Gasteiger partial charge in [-0.15, -0.1) is 0 Å². The monoisotopic (exact) mass is 341 g/mol. The Morgan fingerprint density at radius 3 is 2.20 bits per heavy atom. The highest BCUT2D eigenvalue weighted by Gasteiger charge is 2.13. The summed E-state index contributed by atoms with van der Waals surface area (Å²) in [6.07, 6.45) is 1.02. The Morgan fingerprint density at radius 2 is 1.60 bits per heavy atom. The van der Waals surface area contributed by atoms with Gasteiger partial charge in [0.25, 0.3) is 0 Å². The predicted molar refractivity (Wildman–Crippen MR) is 96.1 cm³/mol. The molecule has 130 valence electrons. The van der Waals surface area contributed by atoms with E-state index in [9.17, 15) is 14.0 Å². The SMILES string of the molecule is CCCn1c(=O)n(CCC(=O)Nc2ccc(F)cc2)c2ccccc21. The molecule has 0 unspecified atom stereocenters. The summed E-state index contributed by atoms with van der Waals surface area (Å²) in [5.74, 6) is -0.570. The zero-order valence-electron chi connectivity index (χ0n) is 14.0. The van der Waals surface area contributed by atoms with Gasteiger partial charge >= 0.3 is 5.69 Å². The van der Waals surface area contributed by atoms with Crippen LogP contribution < -0.4 is 11.0 Å². The molecular weight excluding hydrogens is 321 g/mol. The predicted octanol–water partition coefficient (Wildman–Crippen LogP) is 3.38. The number of nitrogens with one attached hydrogen (secondary N) is 1. The molecule has 0 saturated heterocycles. The first-order valence-electron chi connectivity index (χ1n) is 8.33. The van der Waals surface area contributed by atoms with Crippen molar-refractivity contribution in [1.29, 1.82) is 0 Å². The van der Waals surface area contributed by atoms with Gasteiger partial charge < -0.3 is 5.32 Å². The molecule has 0 fully saturated rings. The van der Waals surface area contributed by atoms with Crippen molar-refractivity contribution in [2.75, 3.05) is 5.32 Å². The number of aryl methyl sites for hydroxylation is 2. The first-order valence-corrected chi connectivity index (χ1v) is 8.33. The van der Waals surface area contributed by atoms with E-state index in [0.29, 0.717) is 18.8 Å². The van der Waals surface area contributed by atoms with Crippen molar-refractivity contribution in [3.8, 4) is 0 Å². The maximum atomic E-state index is 12.9. The Morgan fingerprint density at radius 1 is 1.00 bits per heavy atom. The fourth-order valence-corrected chi connectivity index (χ4v) is 2.90. The largest absolute Gasteiger partial charge is 0.329 e. The number of halogens is 1. The van der Waals surface area contributed by atoms with Crippen LogP contribution in [0.5, 0.6) is 0 Å². The van der Waals surface area contributed by atoms with Crippen LogP contribution in [0.1, 0.15) is 19.8 Å². The molecule has 6 heteroatoms. The van der Waals surface area contributed by atoms with Crippen molar-refractivity contribution in [1.82, 2.24) is 9.13 Å². The standard InChI is InChI=1S/C19H20FN3O2/c1-2-12-22-16-5-3-4-6-17(16)23(19(22)25)13-11-18(24)21-15-9-7-14(20)8-10-15/h3-10H,2,11-13H2,1H3,(H,21,24). The number of carbonyl (C=O) groups is 1. The molecule has 0 saturated carbocycles. The van der Waals surface area contributed by atoms with Gasteiger partial charge in [0.2, 0.25) is 5.91 Å². The molecule has 1 N–H and O–H groups in total. The van der Waals surface area contributed by atoms with E-state index in [2.05, 4.69) is 5.32 Å². The summed E-state index contributed by atoms with van der Waals surface area (Å²) in [5.41, 5.74) is 2.15. The average molecular weight is 341 g/mol. The number of carbonyl (C=O) groups excluding carboxylic acids is 1. The van der Waals surface area contributed by atoms with E-state index in [1.165, 1.54) is 24.3 Å². The van der Waals surface area contributed by atoms with Crippen LogP contribution in [-0.2, 0) is 17.9 Å². The third-order valence-corrected chi connectivity index (χ3v) is 4.06. The van der Waals surface area contributed by atoms with E-state index < -0.39 is 0 Å². The minimum atomic E-state index is -0.353. The first kappa shape index (κ1) is 17.0. The van der Waals surface area contributed by atoms with Gasteiger partial charge in [0.05, 0.1) is 11.0 Å². The molecule has 1 heterocycles. The fourth-order valence-electron chi connectivity index (χ4n) is 2.90. The smallest absolute Gasteiger partial charge is 0.326 e. The van der Waals surface area contributed by atoms with Gasteiger partial charge in [-0.1, -0.05) is 19.1 Å². The number of imidazole rings is 1. The number of aromatic nitrogens is 2. The van der Waals surface area contributed by atoms with Crippen molar-refractivity contribution in [2.24, 2.45) is 0 Å². The van der Waals surface area contributed by atoms with Crippen LogP contribution in [0.3, 0.4) is 0 Å². The van der Waals surface area contributed by atoms with Crippen molar-refractivity contribution < 1.29 is 9.18 Å². The number of anilines is 1. The molecule has 0 aliphatic carbocycles. The summed E-state index contributed by atoms with van der Waals surface area (Å²) < 4.78 is 16.3. The number of benzene rings is 2. The quantitative estimate of drug-likeness (QED) is 0.747. The first-order chi connectivity index (χ1) is 12.1. The van der Waals surface area contributed by atoms with Crippen molar-refractivity contribution in [2.45, 2.75) is 32.9 Å². The molecule has 0 bridgehead atoms. The summed E-state index contributed by atoms with van der Waals surface area (Å²) in [5, 5.41) is 2.71. The van der Waals surface area contributed by atoms with Gasteiger partial charge in [-0.2, -0.15) is 0 Å². The number of hydrogen-bond donors (Lipinski definition) is 1. The fraction of sp³-hybridized carbons (Fsp3) is 0.263. The molecule has 2 aromatic carbocycles. The van der Waals surface area contributed by atoms with Gasteiger partial charge in [-0.25, -0.2) is 9.18 Å². The number of hydrogen-bond acceptors (Lipinski definition) is 2. The van der Waals surface area contributed by atoms with Crippen LogP contribution >= 0.6 is 0 Å². The summed E-state index contributed by atoms with van der Waals surface area (Å²) in [7, 11) is 0. The number of para-hydroxylation sites is 2. The van der Waals surface area contributed by atoms with Crippen LogP contribution in [-0.4, -0.2) is 15.0 Å². The molecule has 25 heavy (non-hydrogen) atoms. The Bertz CT molecular complexity index is 941. The average Bonchev–Trinajstić information content (AvgIpc) is 2.88. The second-order valence-corrected chi connectivity index (χ2v) is 5.88. The Balaban J connectivity index is 1.76. The molecule has 0 atom stereocenters. The second kappa shape index (κ2) is 7.34. The van der Waals surface area contributed by atoms with Gasteiger partial charge in [0.15, 0.2) is 0 Å². The van der Waals surface area contributed by atoms with E-state index in [0.717, 1.165) is 17.5 Å². The van der Waals surface area contributed by atoms with E-state index >= 15 is 0 Å². The minimum Gasteiger partial charge on any atom is -0.326 e. The molecule has 0 aliphatic rings. The van der Waals surface area contributed by atoms with E-state index in [4.69, 9.17) is 0 Å². The molecule has 5 nitrogen and oxygen atoms in total. The lowest BCUT2D eigenvalue weighted by Crippen LogP contribution is -2.26. The van der Waals surface area contributed by atoms with Gasteiger partial charge in [-0.05, 0) is 42.8 Å². The van der Waals surface area contributed by atoms with Gasteiger partial charge in [0, 0.05) is 25.2 Å². The number of amides is 1. The summed E-state index contributed by atoms with van der Waals surface area (Å²) in [6.45, 7) is 2.96. The third-order valence-electron chi connectivity index (χ3n) is 4.06. The summed E-state index contributed by atoms with van der Waals surface area (Å²) >= 11 is 0. The van der Waals surface area contributed by atoms with E-state index in [1.807, 2.05) is 31.2 Å². The molecular formula is C19H20FN3O2. The zero-order valence-corrected chi connectivity index (χ0v) is 14.0. The molecule has 0 aliphatic heterocycles. The molecule has 1 aromatic heterocycles. The number of rotatable bonds is 6. The van der Waals surface area contributed by atoms with Gasteiger partial charge in [-0.3, -0.25) is 13.9 Å². The molecule has 1 amide bonds. The van der Waals surface area contributed by atoms with Crippen molar-refractivity contribution in [3.63, 3.8) is 0 Å². The highest BCUT2D eigenvalue weighted by molar-refractivity contribution is 5.90. The Hall–Kier alpha value is -2.89. The topological polar surface area (TPSA) is 56.0 Å². The van der Waals surface area contributed by atoms with E-state index in [1.54, 1.807) is 9.13 Å². The molecule has 0 spiro atoms. The van der Waals surface area contributed by atoms with Crippen LogP contribution in [0.15, 0.2) is 53.3 Å². The Labute approximate surface area is 144 Å². The highest BCUT2D eigenvalue weighted by Crippen LogP contribution is 2.14. The molecule has 3 aromatic rings. The highest BCUT2D eigenvalue weighted by atomic mass is 19.1. The summed E-state index contributed by atoms with van der Waals surface area (Å²) in [6, 6.07) is 13.2. The van der Waals surface area contributed by atoms with E-state index in [-0.39, 0.29) is 23.8 Å². The lowest BCUT2D eigenvalue weighted by Gasteiger charge is -2.06. The van der Waals surface area contributed by atoms with Crippen LogP contribution in [0.4, 0.5) is 10.1 Å². The summed E-state index contributed by atoms with van der Waals surface area (Å²) in [4.78, 5) is 24.8. The minimum absolute atomic E-state index is 0.0994.